The van der Waals surface area contributed by atoms with Crippen LogP contribution < -0.4 is 10.6 Å². The van der Waals surface area contributed by atoms with Crippen molar-refractivity contribution >= 4 is 17.8 Å². The number of carbonyl (C=O) groups is 3. The van der Waals surface area contributed by atoms with Crippen LogP contribution in [0.5, 0.6) is 0 Å². The summed E-state index contributed by atoms with van der Waals surface area (Å²) < 4.78 is 18.3. The zero-order valence-electron chi connectivity index (χ0n) is 17.6. The minimum absolute atomic E-state index is 0.119. The van der Waals surface area contributed by atoms with Gasteiger partial charge in [-0.3, -0.25) is 9.59 Å². The van der Waals surface area contributed by atoms with E-state index in [-0.39, 0.29) is 12.3 Å². The summed E-state index contributed by atoms with van der Waals surface area (Å²) in [6.45, 7) is 3.46. The Labute approximate surface area is 172 Å². The van der Waals surface area contributed by atoms with E-state index in [1.807, 2.05) is 0 Å². The van der Waals surface area contributed by atoms with Gasteiger partial charge in [0.2, 0.25) is 11.8 Å². The smallest absolute Gasteiger partial charge is 0.328 e. The van der Waals surface area contributed by atoms with Gasteiger partial charge in [0, 0.05) is 13.3 Å². The zero-order chi connectivity index (χ0) is 21.6. The number of nitrogens with one attached hydrogen (secondary N) is 2. The molecule has 162 valence electrons. The average Bonchev–Trinajstić information content (AvgIpc) is 2.68. The van der Waals surface area contributed by atoms with Crippen molar-refractivity contribution in [1.82, 2.24) is 10.6 Å². The third-order valence-corrected chi connectivity index (χ3v) is 4.67. The summed E-state index contributed by atoms with van der Waals surface area (Å²) in [5, 5.41) is 5.26. The molecule has 0 fully saturated rings. The molecule has 0 bridgehead atoms. The van der Waals surface area contributed by atoms with Crippen molar-refractivity contribution in [2.24, 2.45) is 0 Å². The number of unbranched alkanes of at least 4 members (excludes halogenated alkanes) is 5. The summed E-state index contributed by atoms with van der Waals surface area (Å²) in [7, 11) is 1.28. The van der Waals surface area contributed by atoms with Gasteiger partial charge < -0.3 is 15.4 Å². The molecule has 2 amide bonds. The molecule has 1 aromatic rings. The molecule has 0 aliphatic carbocycles. The molecule has 29 heavy (non-hydrogen) atoms. The molecule has 0 aromatic heterocycles. The largest absolute Gasteiger partial charge is 0.467 e. The van der Waals surface area contributed by atoms with E-state index in [2.05, 4.69) is 17.6 Å². The van der Waals surface area contributed by atoms with Crippen LogP contribution in [0.4, 0.5) is 4.39 Å². The van der Waals surface area contributed by atoms with E-state index >= 15 is 0 Å². The minimum Gasteiger partial charge on any atom is -0.467 e. The number of esters is 1. The van der Waals surface area contributed by atoms with Crippen LogP contribution in [-0.2, 0) is 25.5 Å². The van der Waals surface area contributed by atoms with Gasteiger partial charge >= 0.3 is 5.97 Å². The first-order valence-corrected chi connectivity index (χ1v) is 10.3. The van der Waals surface area contributed by atoms with Crippen LogP contribution in [0.3, 0.4) is 0 Å². The van der Waals surface area contributed by atoms with Crippen molar-refractivity contribution < 1.29 is 23.5 Å². The second kappa shape index (κ2) is 13.7. The van der Waals surface area contributed by atoms with Gasteiger partial charge in [-0.1, -0.05) is 57.6 Å². The monoisotopic (exact) mass is 408 g/mol. The van der Waals surface area contributed by atoms with Gasteiger partial charge in [0.05, 0.1) is 7.11 Å². The summed E-state index contributed by atoms with van der Waals surface area (Å²) in [6.07, 6.45) is 6.95. The van der Waals surface area contributed by atoms with Crippen LogP contribution in [0, 0.1) is 5.82 Å². The quantitative estimate of drug-likeness (QED) is 0.387. The topological polar surface area (TPSA) is 84.5 Å². The lowest BCUT2D eigenvalue weighted by atomic mass is 10.0. The number of halogens is 1. The molecular formula is C22H33FN2O4. The van der Waals surface area contributed by atoms with E-state index in [9.17, 15) is 18.8 Å². The summed E-state index contributed by atoms with van der Waals surface area (Å²) in [6, 6.07) is 4.16. The third kappa shape index (κ3) is 10.1. The van der Waals surface area contributed by atoms with Gasteiger partial charge in [-0.25, -0.2) is 9.18 Å². The summed E-state index contributed by atoms with van der Waals surface area (Å²) in [5.41, 5.74) is 0.574. The maximum Gasteiger partial charge on any atom is 0.328 e. The van der Waals surface area contributed by atoms with Crippen molar-refractivity contribution in [2.75, 3.05) is 7.11 Å². The number of rotatable bonds is 13. The molecule has 0 spiro atoms. The third-order valence-electron chi connectivity index (χ3n) is 4.67. The van der Waals surface area contributed by atoms with Crippen molar-refractivity contribution in [1.29, 1.82) is 0 Å². The molecule has 2 N–H and O–H groups in total. The molecule has 0 saturated carbocycles. The number of hydrogen-bond donors (Lipinski definition) is 2. The van der Waals surface area contributed by atoms with Crippen molar-refractivity contribution in [3.05, 3.63) is 35.6 Å². The minimum atomic E-state index is -0.911. The molecular weight excluding hydrogens is 375 g/mol. The first-order valence-electron chi connectivity index (χ1n) is 10.3. The summed E-state index contributed by atoms with van der Waals surface area (Å²) >= 11 is 0. The van der Waals surface area contributed by atoms with E-state index in [0.717, 1.165) is 32.1 Å². The van der Waals surface area contributed by atoms with Crippen molar-refractivity contribution in [3.63, 3.8) is 0 Å². The molecule has 1 aromatic carbocycles. The van der Waals surface area contributed by atoms with Gasteiger partial charge in [0.25, 0.3) is 0 Å². The zero-order valence-corrected chi connectivity index (χ0v) is 17.6. The highest BCUT2D eigenvalue weighted by molar-refractivity contribution is 5.90. The highest BCUT2D eigenvalue weighted by Crippen LogP contribution is 2.11. The Kier molecular flexibility index (Phi) is 11.6. The predicted octanol–water partition coefficient (Wildman–Crippen LogP) is 3.28. The lowest BCUT2D eigenvalue weighted by molar-refractivity contribution is -0.145. The van der Waals surface area contributed by atoms with Crippen LogP contribution in [0.25, 0.3) is 0 Å². The van der Waals surface area contributed by atoms with Gasteiger partial charge in [0.1, 0.15) is 17.9 Å². The lowest BCUT2D eigenvalue weighted by Crippen LogP contribution is -2.52. The van der Waals surface area contributed by atoms with Gasteiger partial charge in [-0.2, -0.15) is 0 Å². The Morgan fingerprint density at radius 3 is 2.34 bits per heavy atom. The molecule has 0 aliphatic heterocycles. The first kappa shape index (κ1) is 24.6. The number of carbonyl (C=O) groups excluding carboxylic acids is 3. The Hall–Kier alpha value is -2.44. The van der Waals surface area contributed by atoms with Gasteiger partial charge in [0.15, 0.2) is 0 Å². The van der Waals surface area contributed by atoms with Crippen LogP contribution in [0.15, 0.2) is 24.3 Å². The predicted molar refractivity (Wildman–Crippen MR) is 110 cm³/mol. The Bertz CT molecular complexity index is 666. The first-order chi connectivity index (χ1) is 13.9. The highest BCUT2D eigenvalue weighted by atomic mass is 19.1. The average molecular weight is 409 g/mol. The number of benzene rings is 1. The van der Waals surface area contributed by atoms with Gasteiger partial charge in [-0.05, 0) is 24.1 Å². The maximum absolute atomic E-state index is 13.4. The van der Waals surface area contributed by atoms with E-state index in [0.29, 0.717) is 12.0 Å². The summed E-state index contributed by atoms with van der Waals surface area (Å²) in [5.74, 6) is -1.81. The maximum atomic E-state index is 13.4. The van der Waals surface area contributed by atoms with E-state index in [1.54, 1.807) is 12.1 Å². The summed E-state index contributed by atoms with van der Waals surface area (Å²) in [4.78, 5) is 36.4. The van der Waals surface area contributed by atoms with Crippen LogP contribution >= 0.6 is 0 Å². The molecule has 1 rings (SSSR count). The highest BCUT2D eigenvalue weighted by Gasteiger charge is 2.26. The fourth-order valence-electron chi connectivity index (χ4n) is 3.15. The molecule has 6 nitrogen and oxygen atoms in total. The van der Waals surface area contributed by atoms with E-state index in [1.165, 1.54) is 32.6 Å². The lowest BCUT2D eigenvalue weighted by Gasteiger charge is -2.22. The Balaban J connectivity index is 2.72. The Morgan fingerprint density at radius 2 is 1.72 bits per heavy atom. The SMILES string of the molecule is CCCCCCCC[C@H](NC(=O)[C@H](Cc1cccc(F)c1)NC(C)=O)C(=O)OC. The molecule has 0 unspecified atom stereocenters. The van der Waals surface area contributed by atoms with Crippen molar-refractivity contribution in [3.8, 4) is 0 Å². The number of hydrogen-bond acceptors (Lipinski definition) is 4. The fourth-order valence-corrected chi connectivity index (χ4v) is 3.15. The second-order valence-electron chi connectivity index (χ2n) is 7.23. The molecule has 2 atom stereocenters. The molecule has 0 heterocycles. The molecule has 0 radical (unpaired) electrons. The standard InChI is InChI=1S/C22H33FN2O4/c1-4-5-6-7-8-9-13-19(22(28)29-3)25-21(27)20(24-16(2)26)15-17-11-10-12-18(23)14-17/h10-12,14,19-20H,4-9,13,15H2,1-3H3,(H,24,26)(H,25,27)/t19-,20-/m0/s1. The van der Waals surface area contributed by atoms with Crippen LogP contribution in [0.2, 0.25) is 0 Å². The molecule has 7 heteroatoms. The molecule has 0 aliphatic rings. The molecule has 0 saturated heterocycles. The number of methoxy groups -OCH3 is 1. The Morgan fingerprint density at radius 1 is 1.03 bits per heavy atom. The van der Waals surface area contributed by atoms with Crippen LogP contribution in [-0.4, -0.2) is 37.0 Å². The van der Waals surface area contributed by atoms with Crippen molar-refractivity contribution in [2.45, 2.75) is 77.3 Å². The number of amides is 2. The second-order valence-corrected chi connectivity index (χ2v) is 7.23. The normalized spacial score (nSPS) is 12.7. The number of ether oxygens (including phenoxy) is 1. The fraction of sp³-hybridized carbons (Fsp3) is 0.591. The van der Waals surface area contributed by atoms with Gasteiger partial charge in [-0.15, -0.1) is 0 Å². The van der Waals surface area contributed by atoms with E-state index in [4.69, 9.17) is 4.74 Å². The van der Waals surface area contributed by atoms with Crippen LogP contribution in [0.1, 0.15) is 64.4 Å². The van der Waals surface area contributed by atoms with E-state index < -0.39 is 29.8 Å².